The molecule has 2 nitrogen and oxygen atoms in total. The predicted molar refractivity (Wildman–Crippen MR) is 71.5 cm³/mol. The Morgan fingerprint density at radius 3 is 2.38 bits per heavy atom. The molecule has 0 amide bonds. The zero-order valence-corrected chi connectivity index (χ0v) is 11.8. The van der Waals surface area contributed by atoms with Crippen molar-refractivity contribution in [2.45, 2.75) is 66.0 Å². The highest BCUT2D eigenvalue weighted by molar-refractivity contribution is 4.89. The fourth-order valence-corrected chi connectivity index (χ4v) is 2.99. The van der Waals surface area contributed by atoms with Gasteiger partial charge in [0.2, 0.25) is 0 Å². The first kappa shape index (κ1) is 14.0. The van der Waals surface area contributed by atoms with Gasteiger partial charge in [0.25, 0.3) is 0 Å². The lowest BCUT2D eigenvalue weighted by atomic mass is 9.78. The van der Waals surface area contributed by atoms with E-state index in [0.717, 1.165) is 6.54 Å². The molecule has 0 aromatic heterocycles. The van der Waals surface area contributed by atoms with Crippen molar-refractivity contribution in [1.29, 1.82) is 0 Å². The molecular weight excluding hydrogens is 196 g/mol. The molecule has 0 aliphatic carbocycles. The van der Waals surface area contributed by atoms with Crippen molar-refractivity contribution in [3.63, 3.8) is 0 Å². The minimum Gasteiger partial charge on any atom is -0.330 e. The van der Waals surface area contributed by atoms with Crippen LogP contribution in [0.25, 0.3) is 0 Å². The summed E-state index contributed by atoms with van der Waals surface area (Å²) in [6.45, 7) is 13.8. The van der Waals surface area contributed by atoms with Gasteiger partial charge in [-0.05, 0) is 57.5 Å². The molecule has 2 N–H and O–H groups in total. The van der Waals surface area contributed by atoms with Gasteiger partial charge in [0.1, 0.15) is 0 Å². The summed E-state index contributed by atoms with van der Waals surface area (Å²) in [5, 5.41) is 0. The van der Waals surface area contributed by atoms with E-state index < -0.39 is 0 Å². The Morgan fingerprint density at radius 2 is 1.94 bits per heavy atom. The van der Waals surface area contributed by atoms with Crippen LogP contribution < -0.4 is 5.73 Å². The van der Waals surface area contributed by atoms with Crippen molar-refractivity contribution in [3.05, 3.63) is 0 Å². The van der Waals surface area contributed by atoms with Crippen LogP contribution in [0.1, 0.15) is 53.9 Å². The molecule has 1 saturated heterocycles. The highest BCUT2D eigenvalue weighted by atomic mass is 15.2. The fourth-order valence-electron chi connectivity index (χ4n) is 2.99. The molecule has 2 atom stereocenters. The van der Waals surface area contributed by atoms with Crippen LogP contribution in [0, 0.1) is 11.3 Å². The van der Waals surface area contributed by atoms with Gasteiger partial charge >= 0.3 is 0 Å². The van der Waals surface area contributed by atoms with Crippen LogP contribution in [-0.2, 0) is 0 Å². The van der Waals surface area contributed by atoms with Crippen LogP contribution in [0.15, 0.2) is 0 Å². The standard InChI is InChI=1S/C14H30N2/c1-11(2)16-8-6-7-12(10-15)13(16)9-14(3,4)5/h11-13H,6-10,15H2,1-5H3/t12-,13-/m1/s1. The third-order valence-electron chi connectivity index (χ3n) is 3.75. The van der Waals surface area contributed by atoms with Gasteiger partial charge in [-0.15, -0.1) is 0 Å². The molecule has 1 heterocycles. The fraction of sp³-hybridized carbons (Fsp3) is 1.00. The quantitative estimate of drug-likeness (QED) is 0.802. The Kier molecular flexibility index (Phi) is 4.81. The molecule has 0 aromatic rings. The number of nitrogens with two attached hydrogens (primary N) is 1. The zero-order chi connectivity index (χ0) is 12.3. The molecule has 1 fully saturated rings. The van der Waals surface area contributed by atoms with Gasteiger partial charge in [-0.3, -0.25) is 4.90 Å². The topological polar surface area (TPSA) is 29.3 Å². The largest absolute Gasteiger partial charge is 0.330 e. The van der Waals surface area contributed by atoms with E-state index in [9.17, 15) is 0 Å². The van der Waals surface area contributed by atoms with E-state index in [1.807, 2.05) is 0 Å². The first-order valence-corrected chi connectivity index (χ1v) is 6.81. The molecule has 96 valence electrons. The van der Waals surface area contributed by atoms with Gasteiger partial charge in [0.05, 0.1) is 0 Å². The third kappa shape index (κ3) is 3.74. The Labute approximate surface area is 102 Å². The van der Waals surface area contributed by atoms with Gasteiger partial charge in [-0.1, -0.05) is 20.8 Å². The molecule has 16 heavy (non-hydrogen) atoms. The average molecular weight is 226 g/mol. The highest BCUT2D eigenvalue weighted by Crippen LogP contribution is 2.33. The van der Waals surface area contributed by atoms with E-state index in [1.165, 1.54) is 25.8 Å². The summed E-state index contributed by atoms with van der Waals surface area (Å²) >= 11 is 0. The zero-order valence-electron chi connectivity index (χ0n) is 11.8. The van der Waals surface area contributed by atoms with Gasteiger partial charge in [0, 0.05) is 12.1 Å². The van der Waals surface area contributed by atoms with Crippen LogP contribution >= 0.6 is 0 Å². The molecule has 1 aliphatic rings. The maximum absolute atomic E-state index is 5.95. The minimum absolute atomic E-state index is 0.405. The summed E-state index contributed by atoms with van der Waals surface area (Å²) in [5.74, 6) is 0.704. The molecule has 0 spiro atoms. The van der Waals surface area contributed by atoms with Gasteiger partial charge in [0.15, 0.2) is 0 Å². The highest BCUT2D eigenvalue weighted by Gasteiger charge is 2.34. The molecule has 0 radical (unpaired) electrons. The molecule has 0 unspecified atom stereocenters. The molecule has 1 aliphatic heterocycles. The first-order chi connectivity index (χ1) is 7.35. The molecule has 0 aromatic carbocycles. The van der Waals surface area contributed by atoms with E-state index in [-0.39, 0.29) is 0 Å². The molecular formula is C14H30N2. The van der Waals surface area contributed by atoms with Crippen molar-refractivity contribution >= 4 is 0 Å². The maximum atomic E-state index is 5.95. The van der Waals surface area contributed by atoms with Crippen molar-refractivity contribution in [2.24, 2.45) is 17.1 Å². The first-order valence-electron chi connectivity index (χ1n) is 6.81. The summed E-state index contributed by atoms with van der Waals surface area (Å²) in [6, 6.07) is 1.35. The van der Waals surface area contributed by atoms with Crippen LogP contribution in [0.4, 0.5) is 0 Å². The lowest BCUT2D eigenvalue weighted by molar-refractivity contribution is 0.0403. The molecule has 0 bridgehead atoms. The summed E-state index contributed by atoms with van der Waals surface area (Å²) in [5.41, 5.74) is 6.35. The maximum Gasteiger partial charge on any atom is 0.0143 e. The smallest absolute Gasteiger partial charge is 0.0143 e. The average Bonchev–Trinajstić information content (AvgIpc) is 2.15. The molecule has 0 saturated carbocycles. The van der Waals surface area contributed by atoms with Gasteiger partial charge in [-0.2, -0.15) is 0 Å². The molecule has 1 rings (SSSR count). The second-order valence-corrected chi connectivity index (χ2v) is 6.80. The van der Waals surface area contributed by atoms with E-state index in [4.69, 9.17) is 5.73 Å². The number of nitrogens with zero attached hydrogens (tertiary/aromatic N) is 1. The summed E-state index contributed by atoms with van der Waals surface area (Å²) < 4.78 is 0. The lowest BCUT2D eigenvalue weighted by Gasteiger charge is -2.45. The van der Waals surface area contributed by atoms with E-state index >= 15 is 0 Å². The van der Waals surface area contributed by atoms with Crippen LogP contribution in [0.3, 0.4) is 0 Å². The van der Waals surface area contributed by atoms with Crippen molar-refractivity contribution < 1.29 is 0 Å². The normalized spacial score (nSPS) is 28.7. The van der Waals surface area contributed by atoms with Crippen molar-refractivity contribution in [3.8, 4) is 0 Å². The predicted octanol–water partition coefficient (Wildman–Crippen LogP) is 2.87. The van der Waals surface area contributed by atoms with Crippen molar-refractivity contribution in [1.82, 2.24) is 4.90 Å². The number of rotatable bonds is 3. The summed E-state index contributed by atoms with van der Waals surface area (Å²) in [4.78, 5) is 2.67. The van der Waals surface area contributed by atoms with Crippen molar-refractivity contribution in [2.75, 3.05) is 13.1 Å². The number of hydrogen-bond donors (Lipinski definition) is 1. The Bertz CT molecular complexity index is 205. The Hall–Kier alpha value is -0.0800. The lowest BCUT2D eigenvalue weighted by Crippen LogP contribution is -2.51. The Balaban J connectivity index is 2.75. The third-order valence-corrected chi connectivity index (χ3v) is 3.75. The summed E-state index contributed by atoms with van der Waals surface area (Å²) in [6.07, 6.45) is 3.91. The minimum atomic E-state index is 0.405. The van der Waals surface area contributed by atoms with E-state index in [2.05, 4.69) is 39.5 Å². The monoisotopic (exact) mass is 226 g/mol. The number of piperidine rings is 1. The van der Waals surface area contributed by atoms with Crippen LogP contribution in [-0.4, -0.2) is 30.1 Å². The second kappa shape index (κ2) is 5.50. The van der Waals surface area contributed by atoms with E-state index in [0.29, 0.717) is 23.4 Å². The van der Waals surface area contributed by atoms with Crippen LogP contribution in [0.5, 0.6) is 0 Å². The van der Waals surface area contributed by atoms with Crippen LogP contribution in [0.2, 0.25) is 0 Å². The SMILES string of the molecule is CC(C)N1CCC[C@H](CN)[C@H]1CC(C)(C)C. The second-order valence-electron chi connectivity index (χ2n) is 6.80. The molecule has 2 heteroatoms. The summed E-state index contributed by atoms with van der Waals surface area (Å²) in [7, 11) is 0. The van der Waals surface area contributed by atoms with Gasteiger partial charge < -0.3 is 5.73 Å². The Morgan fingerprint density at radius 1 is 1.31 bits per heavy atom. The van der Waals surface area contributed by atoms with E-state index in [1.54, 1.807) is 0 Å². The number of hydrogen-bond acceptors (Lipinski definition) is 2. The van der Waals surface area contributed by atoms with Gasteiger partial charge in [-0.25, -0.2) is 0 Å². The number of likely N-dealkylation sites (tertiary alicyclic amines) is 1.